The highest BCUT2D eigenvalue weighted by Gasteiger charge is 2.54. The first kappa shape index (κ1) is 16.9. The number of amides is 1. The van der Waals surface area contributed by atoms with Crippen LogP contribution in [0.4, 0.5) is 17.6 Å². The van der Waals surface area contributed by atoms with Gasteiger partial charge in [-0.25, -0.2) is 17.6 Å². The lowest BCUT2D eigenvalue weighted by Crippen LogP contribution is -2.53. The van der Waals surface area contributed by atoms with Crippen LogP contribution >= 0.6 is 15.9 Å². The molecule has 22 heavy (non-hydrogen) atoms. The monoisotopic (exact) mass is 386 g/mol. The van der Waals surface area contributed by atoms with E-state index in [9.17, 15) is 27.5 Å². The Morgan fingerprint density at radius 1 is 1.45 bits per heavy atom. The second-order valence-corrected chi connectivity index (χ2v) is 5.63. The van der Waals surface area contributed by atoms with Gasteiger partial charge < -0.3 is 5.11 Å². The molecule has 1 aromatic rings. The maximum absolute atomic E-state index is 13.0. The molecule has 1 N–H and O–H groups in total. The Bertz CT molecular complexity index is 609. The van der Waals surface area contributed by atoms with Gasteiger partial charge in [0, 0.05) is 12.6 Å². The Labute approximate surface area is 130 Å². The maximum atomic E-state index is 13.0. The normalized spacial score (nSPS) is 23.3. The van der Waals surface area contributed by atoms with E-state index in [1.807, 2.05) is 0 Å². The smallest absolute Gasteiger partial charge is 0.287 e. The van der Waals surface area contributed by atoms with E-state index in [2.05, 4.69) is 26.1 Å². The molecule has 0 bridgehead atoms. The molecule has 0 saturated heterocycles. The van der Waals surface area contributed by atoms with Gasteiger partial charge in [0.05, 0.1) is 10.7 Å². The quantitative estimate of drug-likeness (QED) is 0.804. The zero-order chi connectivity index (χ0) is 16.7. The van der Waals surface area contributed by atoms with E-state index in [0.717, 1.165) is 4.68 Å². The van der Waals surface area contributed by atoms with E-state index in [1.165, 1.54) is 19.3 Å². The lowest BCUT2D eigenvalue weighted by Gasteiger charge is -2.31. The van der Waals surface area contributed by atoms with Crippen LogP contribution in [0.15, 0.2) is 22.0 Å². The van der Waals surface area contributed by atoms with Crippen LogP contribution in [-0.4, -0.2) is 50.1 Å². The summed E-state index contributed by atoms with van der Waals surface area (Å²) in [5.41, 5.74) is -4.05. The van der Waals surface area contributed by atoms with Crippen LogP contribution in [0.3, 0.4) is 0 Å². The fourth-order valence-corrected chi connectivity index (χ4v) is 2.24. The summed E-state index contributed by atoms with van der Waals surface area (Å²) in [4.78, 5) is 12.2. The topological polar surface area (TPSA) is 70.7 Å². The number of rotatable bonds is 4. The van der Waals surface area contributed by atoms with Gasteiger partial charge in [-0.05, 0) is 22.9 Å². The number of nitrogens with zero attached hydrogens (tertiary/aromatic N) is 4. The molecule has 0 aliphatic carbocycles. The van der Waals surface area contributed by atoms with Crippen molar-refractivity contribution < 1.29 is 27.5 Å². The van der Waals surface area contributed by atoms with Crippen LogP contribution in [0, 0.1) is 0 Å². The highest BCUT2D eigenvalue weighted by Crippen LogP contribution is 2.34. The van der Waals surface area contributed by atoms with Crippen LogP contribution in [-0.2, 0) is 4.79 Å². The molecule has 6 nitrogen and oxygen atoms in total. The Balaban J connectivity index is 2.32. The molecule has 2 rings (SSSR count). The van der Waals surface area contributed by atoms with Crippen molar-refractivity contribution in [3.63, 3.8) is 0 Å². The number of carbonyl (C=O) groups excluding carboxylic acids is 1. The number of hydrogen-bond donors (Lipinski definition) is 1. The van der Waals surface area contributed by atoms with Crippen molar-refractivity contribution in [1.82, 2.24) is 14.8 Å². The minimum atomic E-state index is -3.45. The summed E-state index contributed by atoms with van der Waals surface area (Å²) < 4.78 is 53.1. The Hall–Kier alpha value is -1.49. The molecule has 2 atom stereocenters. The fourth-order valence-electron chi connectivity index (χ4n) is 1.94. The van der Waals surface area contributed by atoms with Gasteiger partial charge >= 0.3 is 0 Å². The van der Waals surface area contributed by atoms with Crippen molar-refractivity contribution >= 4 is 27.5 Å². The molecule has 0 spiro atoms. The van der Waals surface area contributed by atoms with E-state index >= 15 is 0 Å². The molecule has 1 aromatic heterocycles. The molecule has 0 fully saturated rings. The molecule has 1 aliphatic heterocycles. The first-order valence-electron chi connectivity index (χ1n) is 6.06. The van der Waals surface area contributed by atoms with Crippen LogP contribution in [0.5, 0.6) is 0 Å². The first-order valence-corrected chi connectivity index (χ1v) is 6.86. The molecule has 122 valence electrons. The van der Waals surface area contributed by atoms with E-state index in [0.29, 0.717) is 4.47 Å². The average Bonchev–Trinajstić information content (AvgIpc) is 3.02. The highest BCUT2D eigenvalue weighted by molar-refractivity contribution is 9.10. The molecule has 0 radical (unpaired) electrons. The van der Waals surface area contributed by atoms with Gasteiger partial charge in [-0.15, -0.1) is 0 Å². The second kappa shape index (κ2) is 5.95. The minimum absolute atomic E-state index is 0.0272. The third-order valence-corrected chi connectivity index (χ3v) is 3.58. The van der Waals surface area contributed by atoms with Gasteiger partial charge in [-0.3, -0.25) is 9.48 Å². The number of aromatic nitrogens is 2. The first-order chi connectivity index (χ1) is 10.2. The summed E-state index contributed by atoms with van der Waals surface area (Å²) in [6.07, 6.45) is -4.94. The largest absolute Gasteiger partial charge is 0.364 e. The average molecular weight is 387 g/mol. The zero-order valence-corrected chi connectivity index (χ0v) is 12.7. The number of carbonyl (C=O) groups is 1. The summed E-state index contributed by atoms with van der Waals surface area (Å²) in [5, 5.41) is 16.9. The summed E-state index contributed by atoms with van der Waals surface area (Å²) in [7, 11) is 0. The number of hydrogen-bond acceptors (Lipinski definition) is 4. The minimum Gasteiger partial charge on any atom is -0.364 e. The Morgan fingerprint density at radius 3 is 2.55 bits per heavy atom. The van der Waals surface area contributed by atoms with Crippen LogP contribution < -0.4 is 0 Å². The fraction of sp³-hybridized carbons (Fsp3) is 0.545. The summed E-state index contributed by atoms with van der Waals surface area (Å²) >= 11 is 3.10. The number of halogens is 5. The van der Waals surface area contributed by atoms with Crippen LogP contribution in [0.25, 0.3) is 0 Å². The van der Waals surface area contributed by atoms with Crippen molar-refractivity contribution in [2.75, 3.05) is 0 Å². The Morgan fingerprint density at radius 2 is 2.09 bits per heavy atom. The van der Waals surface area contributed by atoms with Gasteiger partial charge in [-0.2, -0.15) is 15.2 Å². The summed E-state index contributed by atoms with van der Waals surface area (Å²) in [5.74, 6) is -1.07. The summed E-state index contributed by atoms with van der Waals surface area (Å²) in [6.45, 7) is 1.32. The van der Waals surface area contributed by atoms with Crippen molar-refractivity contribution in [1.29, 1.82) is 0 Å². The van der Waals surface area contributed by atoms with Crippen molar-refractivity contribution in [3.05, 3.63) is 16.9 Å². The molecule has 11 heteroatoms. The van der Waals surface area contributed by atoms with E-state index in [-0.39, 0.29) is 5.01 Å². The second-order valence-electron chi connectivity index (χ2n) is 4.71. The van der Waals surface area contributed by atoms with E-state index in [4.69, 9.17) is 0 Å². The third-order valence-electron chi connectivity index (χ3n) is 3.17. The number of hydrazone groups is 1. The molecule has 0 aromatic carbocycles. The molecule has 0 saturated carbocycles. The third kappa shape index (κ3) is 2.86. The van der Waals surface area contributed by atoms with Gasteiger partial charge in [0.1, 0.15) is 11.8 Å². The molecule has 2 heterocycles. The zero-order valence-electron chi connectivity index (χ0n) is 11.1. The number of alkyl halides is 4. The van der Waals surface area contributed by atoms with Gasteiger partial charge in [-0.1, -0.05) is 0 Å². The standard InChI is InChI=1S/C11H11BrF4N4O2/c1-5(19-4-6(12)3-17-19)9(21)20-11(22,10(15)16)2-7(18-20)8(13)14/h3-5,8,10,22H,2H2,1H3/t5-,11-/m1/s1. The van der Waals surface area contributed by atoms with Crippen LogP contribution in [0.2, 0.25) is 0 Å². The van der Waals surface area contributed by atoms with E-state index < -0.39 is 42.7 Å². The SMILES string of the molecule is C[C@H](C(=O)N1N=C(C(F)F)C[C@@]1(O)C(F)F)n1cc(Br)cn1. The van der Waals surface area contributed by atoms with Crippen molar-refractivity contribution in [2.45, 2.75) is 38.0 Å². The summed E-state index contributed by atoms with van der Waals surface area (Å²) in [6, 6.07) is -1.11. The highest BCUT2D eigenvalue weighted by atomic mass is 79.9. The van der Waals surface area contributed by atoms with Crippen molar-refractivity contribution in [2.24, 2.45) is 5.10 Å². The predicted octanol–water partition coefficient (Wildman–Crippen LogP) is 2.01. The molecular formula is C11H11BrF4N4O2. The van der Waals surface area contributed by atoms with Gasteiger partial charge in [0.25, 0.3) is 18.8 Å². The molecular weight excluding hydrogens is 376 g/mol. The lowest BCUT2D eigenvalue weighted by atomic mass is 10.1. The van der Waals surface area contributed by atoms with Gasteiger partial charge in [0.2, 0.25) is 5.72 Å². The van der Waals surface area contributed by atoms with Gasteiger partial charge in [0.15, 0.2) is 0 Å². The molecule has 1 amide bonds. The predicted molar refractivity (Wildman–Crippen MR) is 70.5 cm³/mol. The Kier molecular flexibility index (Phi) is 4.57. The maximum Gasteiger partial charge on any atom is 0.287 e. The van der Waals surface area contributed by atoms with E-state index in [1.54, 1.807) is 0 Å². The van der Waals surface area contributed by atoms with Crippen LogP contribution in [0.1, 0.15) is 19.4 Å². The molecule has 0 unspecified atom stereocenters. The number of aliphatic hydroxyl groups is 1. The molecule has 1 aliphatic rings. The van der Waals surface area contributed by atoms with Crippen molar-refractivity contribution in [3.8, 4) is 0 Å². The lowest BCUT2D eigenvalue weighted by molar-refractivity contribution is -0.194.